The third-order valence-electron chi connectivity index (χ3n) is 3.91. The average molecular weight is 413 g/mol. The van der Waals surface area contributed by atoms with Crippen molar-refractivity contribution in [3.05, 3.63) is 57.5 Å². The van der Waals surface area contributed by atoms with Gasteiger partial charge in [-0.2, -0.15) is 0 Å². The summed E-state index contributed by atoms with van der Waals surface area (Å²) in [7, 11) is 0. The summed E-state index contributed by atoms with van der Waals surface area (Å²) >= 11 is 5.76. The number of esters is 1. The van der Waals surface area contributed by atoms with Crippen LogP contribution in [0.2, 0.25) is 0 Å². The van der Waals surface area contributed by atoms with Crippen molar-refractivity contribution in [2.24, 2.45) is 0 Å². The van der Waals surface area contributed by atoms with Crippen molar-refractivity contribution in [3.8, 4) is 11.3 Å². The average Bonchev–Trinajstić information content (AvgIpc) is 2.61. The van der Waals surface area contributed by atoms with Gasteiger partial charge < -0.3 is 20.6 Å². The minimum atomic E-state index is -1.85. The molecule has 4 N–H and O–H groups in total. The normalized spacial score (nSPS) is 12.2. The maximum atomic E-state index is 14.9. The summed E-state index contributed by atoms with van der Waals surface area (Å²) in [5.74, 6) is -4.63. The van der Waals surface area contributed by atoms with E-state index in [0.29, 0.717) is 0 Å². The van der Waals surface area contributed by atoms with Gasteiger partial charge in [0.1, 0.15) is 11.6 Å². The number of halogens is 4. The van der Waals surface area contributed by atoms with Crippen LogP contribution in [-0.4, -0.2) is 5.97 Å². The van der Waals surface area contributed by atoms with Crippen molar-refractivity contribution >= 4 is 39.9 Å². The fraction of sp³-hybridized carbons (Fsp3) is 0.111. The van der Waals surface area contributed by atoms with Crippen LogP contribution in [0, 0.1) is 17.5 Å². The summed E-state index contributed by atoms with van der Waals surface area (Å²) in [5, 5.41) is -0.565. The minimum absolute atomic E-state index is 0.0805. The fourth-order valence-electron chi connectivity index (χ4n) is 2.60. The Kier molecular flexibility index (Phi) is 4.95. The van der Waals surface area contributed by atoms with Gasteiger partial charge in [-0.3, -0.25) is 9.59 Å². The third kappa shape index (κ3) is 3.24. The van der Waals surface area contributed by atoms with E-state index in [4.69, 9.17) is 27.5 Å². The van der Waals surface area contributed by atoms with Gasteiger partial charge in [-0.25, -0.2) is 13.2 Å². The number of nitrogens with two attached hydrogens (primary N) is 2. The van der Waals surface area contributed by atoms with Crippen molar-refractivity contribution in [1.82, 2.24) is 0 Å². The molecule has 0 amide bonds. The summed E-state index contributed by atoms with van der Waals surface area (Å²) in [6.45, 7) is 0.990. The first-order valence-corrected chi connectivity index (χ1v) is 8.16. The molecule has 0 fully saturated rings. The second-order valence-electron chi connectivity index (χ2n) is 5.80. The lowest BCUT2D eigenvalue weighted by Gasteiger charge is -2.15. The molecule has 0 aliphatic rings. The van der Waals surface area contributed by atoms with Crippen molar-refractivity contribution in [3.63, 3.8) is 0 Å². The van der Waals surface area contributed by atoms with Gasteiger partial charge in [0.15, 0.2) is 22.6 Å². The molecule has 0 bridgehead atoms. The molecule has 146 valence electrons. The predicted octanol–water partition coefficient (Wildman–Crippen LogP) is 3.84. The number of hydrogen-bond donors (Lipinski definition) is 2. The van der Waals surface area contributed by atoms with E-state index >= 15 is 0 Å². The maximum absolute atomic E-state index is 14.9. The van der Waals surface area contributed by atoms with Crippen LogP contribution in [-0.2, 0) is 9.53 Å². The number of benzene rings is 2. The van der Waals surface area contributed by atoms with Crippen LogP contribution in [0.4, 0.5) is 24.5 Å². The van der Waals surface area contributed by atoms with Gasteiger partial charge in [0.25, 0.3) is 0 Å². The van der Waals surface area contributed by atoms with Crippen LogP contribution >= 0.6 is 11.6 Å². The van der Waals surface area contributed by atoms with Crippen molar-refractivity contribution in [2.45, 2.75) is 12.5 Å². The smallest absolute Gasteiger partial charge is 0.304 e. The number of nitrogen functional groups attached to an aromatic ring is 2. The third-order valence-corrected chi connectivity index (χ3v) is 4.21. The molecule has 6 nitrogen and oxygen atoms in total. The van der Waals surface area contributed by atoms with Crippen molar-refractivity contribution < 1.29 is 27.1 Å². The SMILES string of the molecule is CC(=O)OC(Cl)c1c(F)c(N)c2c(=O)cc(-c3ccc(N)c(F)c3)oc2c1F. The Morgan fingerprint density at radius 2 is 1.86 bits per heavy atom. The largest absolute Gasteiger partial charge is 0.453 e. The standard InChI is InChI=1S/C18H12ClF3N2O4/c1-6(25)27-18(19)13-14(21)16(24)12-10(26)5-11(28-17(12)15(13)22)7-2-3-9(23)8(20)4-7/h2-5,18H,23-24H2,1H3. The number of carbonyl (C=O) groups is 1. The van der Waals surface area contributed by atoms with Gasteiger partial charge in [0.2, 0.25) is 5.56 Å². The van der Waals surface area contributed by atoms with Gasteiger partial charge in [-0.1, -0.05) is 11.6 Å². The molecule has 0 spiro atoms. The van der Waals surface area contributed by atoms with Crippen molar-refractivity contribution in [1.29, 1.82) is 0 Å². The van der Waals surface area contributed by atoms with E-state index in [9.17, 15) is 22.8 Å². The molecule has 1 heterocycles. The van der Waals surface area contributed by atoms with Gasteiger partial charge in [-0.15, -0.1) is 0 Å². The maximum Gasteiger partial charge on any atom is 0.304 e. The Hall–Kier alpha value is -3.20. The molecule has 3 aromatic rings. The highest BCUT2D eigenvalue weighted by molar-refractivity contribution is 6.20. The number of rotatable bonds is 3. The predicted molar refractivity (Wildman–Crippen MR) is 97.0 cm³/mol. The van der Waals surface area contributed by atoms with E-state index < -0.39 is 56.6 Å². The van der Waals surface area contributed by atoms with Crippen LogP contribution in [0.15, 0.2) is 33.5 Å². The summed E-state index contributed by atoms with van der Waals surface area (Å²) in [6.07, 6.45) is 0. The number of hydrogen-bond acceptors (Lipinski definition) is 6. The van der Waals surface area contributed by atoms with E-state index in [0.717, 1.165) is 19.1 Å². The van der Waals surface area contributed by atoms with Gasteiger partial charge >= 0.3 is 5.97 Å². The van der Waals surface area contributed by atoms with Crippen LogP contribution in [0.1, 0.15) is 18.1 Å². The van der Waals surface area contributed by atoms with Crippen LogP contribution in [0.25, 0.3) is 22.3 Å². The summed E-state index contributed by atoms with van der Waals surface area (Å²) < 4.78 is 53.1. The molecule has 1 aromatic heterocycles. The fourth-order valence-corrected chi connectivity index (χ4v) is 2.92. The van der Waals surface area contributed by atoms with E-state index in [1.54, 1.807) is 0 Å². The van der Waals surface area contributed by atoms with E-state index in [2.05, 4.69) is 4.74 Å². The first-order chi connectivity index (χ1) is 13.1. The topological polar surface area (TPSA) is 109 Å². The van der Waals surface area contributed by atoms with Crippen LogP contribution < -0.4 is 16.9 Å². The molecule has 0 saturated heterocycles. The molecule has 0 aliphatic heterocycles. The van der Waals surface area contributed by atoms with Crippen molar-refractivity contribution in [2.75, 3.05) is 11.5 Å². The van der Waals surface area contributed by atoms with Gasteiger partial charge in [0.05, 0.1) is 22.3 Å². The van der Waals surface area contributed by atoms with Gasteiger partial charge in [-0.05, 0) is 18.2 Å². The molecule has 10 heteroatoms. The monoisotopic (exact) mass is 412 g/mol. The zero-order valence-corrected chi connectivity index (χ0v) is 14.9. The zero-order valence-electron chi connectivity index (χ0n) is 14.2. The highest BCUT2D eigenvalue weighted by atomic mass is 35.5. The summed E-state index contributed by atoms with van der Waals surface area (Å²) in [6, 6.07) is 4.46. The molecule has 2 aromatic carbocycles. The Bertz CT molecular complexity index is 1180. The second kappa shape index (κ2) is 7.08. The lowest BCUT2D eigenvalue weighted by atomic mass is 10.1. The Morgan fingerprint density at radius 1 is 1.18 bits per heavy atom. The van der Waals surface area contributed by atoms with E-state index in [1.165, 1.54) is 12.1 Å². The first kappa shape index (κ1) is 19.6. The minimum Gasteiger partial charge on any atom is -0.453 e. The Labute approximate surface area is 160 Å². The molecule has 3 rings (SSSR count). The van der Waals surface area contributed by atoms with Gasteiger partial charge in [0, 0.05) is 18.6 Å². The van der Waals surface area contributed by atoms with E-state index in [1.807, 2.05) is 0 Å². The summed E-state index contributed by atoms with van der Waals surface area (Å²) in [4.78, 5) is 23.4. The molecular weight excluding hydrogens is 401 g/mol. The quantitative estimate of drug-likeness (QED) is 0.384. The second-order valence-corrected chi connectivity index (χ2v) is 6.19. The number of alkyl halides is 1. The van der Waals surface area contributed by atoms with E-state index in [-0.39, 0.29) is 17.0 Å². The molecular formula is C18H12ClF3N2O4. The Balaban J connectivity index is 2.32. The molecule has 1 unspecified atom stereocenters. The van der Waals surface area contributed by atoms with Crippen LogP contribution in [0.3, 0.4) is 0 Å². The highest BCUT2D eigenvalue weighted by Crippen LogP contribution is 2.37. The highest BCUT2D eigenvalue weighted by Gasteiger charge is 2.29. The zero-order chi connectivity index (χ0) is 20.7. The van der Waals surface area contributed by atoms with Crippen LogP contribution in [0.5, 0.6) is 0 Å². The molecule has 0 radical (unpaired) electrons. The summed E-state index contributed by atoms with van der Waals surface area (Å²) in [5.41, 5.74) is 5.89. The number of anilines is 2. The number of fused-ring (bicyclic) bond motifs is 1. The lowest BCUT2D eigenvalue weighted by molar-refractivity contribution is -0.143. The molecule has 0 aliphatic carbocycles. The Morgan fingerprint density at radius 3 is 2.46 bits per heavy atom. The first-order valence-electron chi connectivity index (χ1n) is 7.72. The lowest BCUT2D eigenvalue weighted by Crippen LogP contribution is -2.13. The molecule has 28 heavy (non-hydrogen) atoms. The molecule has 0 saturated carbocycles. The number of carbonyl (C=O) groups excluding carboxylic acids is 1. The number of ether oxygens (including phenoxy) is 1. The molecule has 1 atom stereocenters.